The van der Waals surface area contributed by atoms with Crippen LogP contribution in [0.25, 0.3) is 11.4 Å². The highest BCUT2D eigenvalue weighted by molar-refractivity contribution is 5.95. The molecule has 34 heavy (non-hydrogen) atoms. The molecule has 3 aromatic rings. The number of halogens is 3. The minimum absolute atomic E-state index is 0.0663. The number of amides is 1. The summed E-state index contributed by atoms with van der Waals surface area (Å²) in [6.07, 6.45) is -0.756. The van der Waals surface area contributed by atoms with Gasteiger partial charge in [-0.05, 0) is 49.9 Å². The Bertz CT molecular complexity index is 1200. The summed E-state index contributed by atoms with van der Waals surface area (Å²) in [5.41, 5.74) is 1.90. The quantitative estimate of drug-likeness (QED) is 0.574. The first-order chi connectivity index (χ1) is 16.1. The number of rotatable bonds is 4. The van der Waals surface area contributed by atoms with Crippen molar-refractivity contribution in [2.75, 3.05) is 25.0 Å². The van der Waals surface area contributed by atoms with E-state index in [1.165, 1.54) is 4.90 Å². The standard InChI is InChI=1S/C22H25F3N8O/c1-13-14(2)20(30-28-18(13)17-6-10-27-32(17)4)31(3)15-7-11-33(12-8-15)21(34)16-5-9-26-29-19(16)22(23,24)25/h5-6,9-10,15H,7-8,11-12H2,1-4H3. The second-order valence-electron chi connectivity index (χ2n) is 8.39. The molecular weight excluding hydrogens is 449 g/mol. The maximum atomic E-state index is 13.2. The molecule has 0 aromatic carbocycles. The topological polar surface area (TPSA) is 92.9 Å². The number of anilines is 1. The van der Waals surface area contributed by atoms with E-state index in [1.807, 2.05) is 38.9 Å². The van der Waals surface area contributed by atoms with Crippen LogP contribution >= 0.6 is 0 Å². The van der Waals surface area contributed by atoms with E-state index in [-0.39, 0.29) is 6.04 Å². The summed E-state index contributed by atoms with van der Waals surface area (Å²) in [6, 6.07) is 3.02. The van der Waals surface area contributed by atoms with Crippen molar-refractivity contribution in [3.05, 3.63) is 46.9 Å². The molecule has 12 heteroatoms. The fraction of sp³-hybridized carbons (Fsp3) is 0.455. The lowest BCUT2D eigenvalue weighted by Crippen LogP contribution is -2.46. The number of piperidine rings is 1. The number of aromatic nitrogens is 6. The van der Waals surface area contributed by atoms with Crippen molar-refractivity contribution in [3.8, 4) is 11.4 Å². The molecule has 0 N–H and O–H groups in total. The Kier molecular flexibility index (Phi) is 6.24. The van der Waals surface area contributed by atoms with Crippen LogP contribution in [0.5, 0.6) is 0 Å². The van der Waals surface area contributed by atoms with E-state index in [0.29, 0.717) is 25.9 Å². The molecule has 9 nitrogen and oxygen atoms in total. The molecule has 3 aromatic heterocycles. The molecule has 0 unspecified atom stereocenters. The SMILES string of the molecule is Cc1c(-c2ccnn2C)nnc(N(C)C2CCN(C(=O)c3ccnnc3C(F)(F)F)CC2)c1C. The maximum Gasteiger partial charge on any atom is 0.435 e. The highest BCUT2D eigenvalue weighted by Gasteiger charge is 2.39. The first kappa shape index (κ1) is 23.6. The minimum atomic E-state index is -4.74. The van der Waals surface area contributed by atoms with Crippen LogP contribution in [0.4, 0.5) is 19.0 Å². The van der Waals surface area contributed by atoms with Gasteiger partial charge in [-0.15, -0.1) is 15.3 Å². The third kappa shape index (κ3) is 4.31. The van der Waals surface area contributed by atoms with Gasteiger partial charge in [0.25, 0.3) is 5.91 Å². The van der Waals surface area contributed by atoms with Gasteiger partial charge in [0.1, 0.15) is 5.69 Å². The van der Waals surface area contributed by atoms with Crippen molar-refractivity contribution in [2.24, 2.45) is 7.05 Å². The molecule has 0 saturated carbocycles. The summed E-state index contributed by atoms with van der Waals surface area (Å²) in [5.74, 6) is 0.0570. The van der Waals surface area contributed by atoms with Crippen LogP contribution in [-0.2, 0) is 13.2 Å². The van der Waals surface area contributed by atoms with Gasteiger partial charge in [-0.1, -0.05) is 0 Å². The lowest BCUT2D eigenvalue weighted by Gasteiger charge is -2.38. The lowest BCUT2D eigenvalue weighted by atomic mass is 10.0. The predicted octanol–water partition coefficient (Wildman–Crippen LogP) is 3.04. The van der Waals surface area contributed by atoms with E-state index in [0.717, 1.165) is 40.6 Å². The summed E-state index contributed by atoms with van der Waals surface area (Å²) in [4.78, 5) is 16.3. The molecule has 0 aliphatic carbocycles. The molecule has 0 atom stereocenters. The van der Waals surface area contributed by atoms with Crippen LogP contribution < -0.4 is 4.90 Å². The second kappa shape index (κ2) is 8.99. The molecule has 4 rings (SSSR count). The third-order valence-corrected chi connectivity index (χ3v) is 6.41. The Morgan fingerprint density at radius 3 is 2.38 bits per heavy atom. The van der Waals surface area contributed by atoms with E-state index < -0.39 is 23.3 Å². The monoisotopic (exact) mass is 474 g/mol. The molecule has 1 saturated heterocycles. The molecule has 1 aliphatic heterocycles. The van der Waals surface area contributed by atoms with Crippen molar-refractivity contribution in [1.82, 2.24) is 35.1 Å². The van der Waals surface area contributed by atoms with Gasteiger partial charge in [0, 0.05) is 39.4 Å². The van der Waals surface area contributed by atoms with Gasteiger partial charge in [-0.2, -0.15) is 23.4 Å². The zero-order valence-corrected chi connectivity index (χ0v) is 19.3. The maximum absolute atomic E-state index is 13.2. The molecule has 0 radical (unpaired) electrons. The normalized spacial score (nSPS) is 15.0. The molecule has 1 fully saturated rings. The number of nitrogens with zero attached hydrogens (tertiary/aromatic N) is 8. The lowest BCUT2D eigenvalue weighted by molar-refractivity contribution is -0.142. The summed E-state index contributed by atoms with van der Waals surface area (Å²) in [6.45, 7) is 4.63. The van der Waals surface area contributed by atoms with E-state index >= 15 is 0 Å². The zero-order valence-electron chi connectivity index (χ0n) is 19.3. The highest BCUT2D eigenvalue weighted by atomic mass is 19.4. The van der Waals surface area contributed by atoms with Gasteiger partial charge in [-0.3, -0.25) is 9.48 Å². The number of hydrogen-bond donors (Lipinski definition) is 0. The van der Waals surface area contributed by atoms with Crippen LogP contribution in [0.15, 0.2) is 24.5 Å². The van der Waals surface area contributed by atoms with Crippen molar-refractivity contribution < 1.29 is 18.0 Å². The Hall–Kier alpha value is -3.57. The minimum Gasteiger partial charge on any atom is -0.355 e. The molecular formula is C22H25F3N8O. The van der Waals surface area contributed by atoms with Crippen LogP contribution in [0.2, 0.25) is 0 Å². The number of likely N-dealkylation sites (tertiary alicyclic amines) is 1. The Morgan fingerprint density at radius 1 is 1.06 bits per heavy atom. The van der Waals surface area contributed by atoms with E-state index in [1.54, 1.807) is 10.9 Å². The number of carbonyl (C=O) groups excluding carboxylic acids is 1. The second-order valence-corrected chi connectivity index (χ2v) is 8.39. The fourth-order valence-electron chi connectivity index (χ4n) is 4.29. The van der Waals surface area contributed by atoms with Crippen LogP contribution in [0.3, 0.4) is 0 Å². The smallest absolute Gasteiger partial charge is 0.355 e. The first-order valence-corrected chi connectivity index (χ1v) is 10.8. The third-order valence-electron chi connectivity index (χ3n) is 6.41. The van der Waals surface area contributed by atoms with E-state index in [4.69, 9.17) is 0 Å². The van der Waals surface area contributed by atoms with Crippen LogP contribution in [-0.4, -0.2) is 67.2 Å². The number of hydrogen-bond acceptors (Lipinski definition) is 7. The van der Waals surface area contributed by atoms with Crippen molar-refractivity contribution >= 4 is 11.7 Å². The summed E-state index contributed by atoms with van der Waals surface area (Å²) in [7, 11) is 3.78. The van der Waals surface area contributed by atoms with Crippen LogP contribution in [0, 0.1) is 13.8 Å². The molecule has 180 valence electrons. The van der Waals surface area contributed by atoms with Gasteiger partial charge >= 0.3 is 6.18 Å². The van der Waals surface area contributed by atoms with Crippen molar-refractivity contribution in [3.63, 3.8) is 0 Å². The Balaban J connectivity index is 1.48. The molecule has 0 spiro atoms. The van der Waals surface area contributed by atoms with Crippen molar-refractivity contribution in [1.29, 1.82) is 0 Å². The number of carbonyl (C=O) groups is 1. The average Bonchev–Trinajstić information content (AvgIpc) is 3.25. The predicted molar refractivity (Wildman–Crippen MR) is 118 cm³/mol. The summed E-state index contributed by atoms with van der Waals surface area (Å²) >= 11 is 0. The molecule has 1 aliphatic rings. The van der Waals surface area contributed by atoms with Gasteiger partial charge < -0.3 is 9.80 Å². The highest BCUT2D eigenvalue weighted by Crippen LogP contribution is 2.32. The molecule has 0 bridgehead atoms. The largest absolute Gasteiger partial charge is 0.435 e. The van der Waals surface area contributed by atoms with E-state index in [2.05, 4.69) is 25.5 Å². The van der Waals surface area contributed by atoms with Gasteiger partial charge in [0.2, 0.25) is 0 Å². The molecule has 4 heterocycles. The van der Waals surface area contributed by atoms with Crippen LogP contribution in [0.1, 0.15) is 40.0 Å². The number of aryl methyl sites for hydroxylation is 1. The van der Waals surface area contributed by atoms with Crippen molar-refractivity contribution in [2.45, 2.75) is 38.9 Å². The fourth-order valence-corrected chi connectivity index (χ4v) is 4.29. The average molecular weight is 474 g/mol. The van der Waals surface area contributed by atoms with Gasteiger partial charge in [0.05, 0.1) is 17.5 Å². The Labute approximate surface area is 194 Å². The number of alkyl halides is 3. The molecule has 1 amide bonds. The van der Waals surface area contributed by atoms with E-state index in [9.17, 15) is 18.0 Å². The summed E-state index contributed by atoms with van der Waals surface area (Å²) in [5, 5.41) is 19.5. The summed E-state index contributed by atoms with van der Waals surface area (Å²) < 4.78 is 41.5. The van der Waals surface area contributed by atoms with Gasteiger partial charge in [-0.25, -0.2) is 0 Å². The first-order valence-electron chi connectivity index (χ1n) is 10.8. The van der Waals surface area contributed by atoms with Gasteiger partial charge in [0.15, 0.2) is 11.5 Å². The Morgan fingerprint density at radius 2 is 1.76 bits per heavy atom. The zero-order chi connectivity index (χ0) is 24.6.